The van der Waals surface area contributed by atoms with Gasteiger partial charge in [0.15, 0.2) is 5.82 Å². The van der Waals surface area contributed by atoms with E-state index in [0.717, 1.165) is 6.07 Å². The maximum Gasteiger partial charge on any atom is 0.416 e. The van der Waals surface area contributed by atoms with Crippen LogP contribution in [0.1, 0.15) is 55.4 Å². The Bertz CT molecular complexity index is 739. The summed E-state index contributed by atoms with van der Waals surface area (Å²) < 4.78 is 43.7. The molecule has 0 spiro atoms. The third-order valence-corrected chi connectivity index (χ3v) is 3.62. The first-order valence-electron chi connectivity index (χ1n) is 7.97. The van der Waals surface area contributed by atoms with Gasteiger partial charge in [0.25, 0.3) is 0 Å². The minimum absolute atomic E-state index is 0.114. The number of alkyl halides is 3. The van der Waals surface area contributed by atoms with Crippen LogP contribution in [-0.4, -0.2) is 16.0 Å². The fraction of sp³-hybridized carbons (Fsp3) is 0.471. The maximum absolute atomic E-state index is 12.9. The molecule has 0 saturated heterocycles. The van der Waals surface area contributed by atoms with E-state index in [1.807, 2.05) is 13.8 Å². The number of aryl methyl sites for hydroxylation is 2. The van der Waals surface area contributed by atoms with Crippen molar-refractivity contribution in [1.29, 1.82) is 0 Å². The number of rotatable bonds is 6. The number of anilines is 1. The van der Waals surface area contributed by atoms with Crippen LogP contribution >= 0.6 is 0 Å². The van der Waals surface area contributed by atoms with Crippen LogP contribution in [0.5, 0.6) is 0 Å². The number of carbonyl (C=O) groups is 1. The Morgan fingerprint density at radius 3 is 2.64 bits per heavy atom. The molecule has 0 aliphatic carbocycles. The molecule has 0 unspecified atom stereocenters. The van der Waals surface area contributed by atoms with Crippen LogP contribution in [0.2, 0.25) is 0 Å². The van der Waals surface area contributed by atoms with E-state index in [1.165, 1.54) is 19.1 Å². The predicted molar refractivity (Wildman–Crippen MR) is 86.1 cm³/mol. The monoisotopic (exact) mass is 355 g/mol. The molecule has 8 heteroatoms. The van der Waals surface area contributed by atoms with Crippen LogP contribution in [0, 0.1) is 6.92 Å². The van der Waals surface area contributed by atoms with Crippen molar-refractivity contribution in [1.82, 2.24) is 10.1 Å². The lowest BCUT2D eigenvalue weighted by Crippen LogP contribution is -2.13. The Morgan fingerprint density at radius 1 is 1.32 bits per heavy atom. The summed E-state index contributed by atoms with van der Waals surface area (Å²) in [5.41, 5.74) is -0.511. The van der Waals surface area contributed by atoms with Crippen LogP contribution in [0.15, 0.2) is 22.7 Å². The lowest BCUT2D eigenvalue weighted by molar-refractivity contribution is -0.138. The zero-order valence-corrected chi connectivity index (χ0v) is 14.3. The van der Waals surface area contributed by atoms with Gasteiger partial charge in [-0.3, -0.25) is 4.79 Å². The van der Waals surface area contributed by atoms with E-state index in [9.17, 15) is 18.0 Å². The van der Waals surface area contributed by atoms with Gasteiger partial charge in [-0.2, -0.15) is 18.2 Å². The molecule has 1 heterocycles. The summed E-state index contributed by atoms with van der Waals surface area (Å²) in [6.07, 6.45) is -3.40. The van der Waals surface area contributed by atoms with Crippen molar-refractivity contribution in [3.8, 4) is 0 Å². The zero-order valence-electron chi connectivity index (χ0n) is 14.3. The molecule has 0 fully saturated rings. The van der Waals surface area contributed by atoms with Gasteiger partial charge in [0.1, 0.15) is 0 Å². The Hall–Kier alpha value is -2.38. The average Bonchev–Trinajstić information content (AvgIpc) is 2.97. The molecule has 1 aromatic heterocycles. The van der Waals surface area contributed by atoms with Crippen molar-refractivity contribution in [3.63, 3.8) is 0 Å². The second kappa shape index (κ2) is 7.67. The molecule has 0 bridgehead atoms. The van der Waals surface area contributed by atoms with Crippen LogP contribution < -0.4 is 5.32 Å². The van der Waals surface area contributed by atoms with E-state index in [1.54, 1.807) is 0 Å². The molecule has 25 heavy (non-hydrogen) atoms. The van der Waals surface area contributed by atoms with E-state index in [4.69, 9.17) is 4.52 Å². The van der Waals surface area contributed by atoms with Crippen LogP contribution in [-0.2, 0) is 17.4 Å². The van der Waals surface area contributed by atoms with E-state index >= 15 is 0 Å². The molecule has 0 saturated carbocycles. The lowest BCUT2D eigenvalue weighted by atomic mass is 10.1. The highest BCUT2D eigenvalue weighted by Crippen LogP contribution is 2.33. The normalized spacial score (nSPS) is 11.8. The van der Waals surface area contributed by atoms with Crippen LogP contribution in [0.3, 0.4) is 0 Å². The number of aromatic nitrogens is 2. The van der Waals surface area contributed by atoms with Crippen molar-refractivity contribution in [2.75, 3.05) is 5.32 Å². The van der Waals surface area contributed by atoms with E-state index in [0.29, 0.717) is 24.6 Å². The fourth-order valence-corrected chi connectivity index (χ4v) is 2.23. The van der Waals surface area contributed by atoms with E-state index in [-0.39, 0.29) is 29.5 Å². The second-order valence-electron chi connectivity index (χ2n) is 6.13. The van der Waals surface area contributed by atoms with Gasteiger partial charge in [0.2, 0.25) is 11.8 Å². The molecule has 0 atom stereocenters. The first kappa shape index (κ1) is 19.0. The maximum atomic E-state index is 12.9. The number of nitrogens with zero attached hydrogens (tertiary/aromatic N) is 2. The molecule has 2 rings (SSSR count). The number of halogens is 3. The summed E-state index contributed by atoms with van der Waals surface area (Å²) in [6, 6.07) is 3.74. The van der Waals surface area contributed by atoms with Gasteiger partial charge < -0.3 is 9.84 Å². The van der Waals surface area contributed by atoms with Crippen LogP contribution in [0.25, 0.3) is 0 Å². The van der Waals surface area contributed by atoms with Gasteiger partial charge in [-0.1, -0.05) is 25.1 Å². The Labute approximate surface area is 143 Å². The Kier molecular flexibility index (Phi) is 5.81. The van der Waals surface area contributed by atoms with Crippen molar-refractivity contribution < 1.29 is 22.5 Å². The van der Waals surface area contributed by atoms with Gasteiger partial charge in [-0.25, -0.2) is 0 Å². The quantitative estimate of drug-likeness (QED) is 0.829. The van der Waals surface area contributed by atoms with Crippen molar-refractivity contribution in [2.24, 2.45) is 0 Å². The number of carbonyl (C=O) groups excluding carboxylic acids is 1. The van der Waals surface area contributed by atoms with Gasteiger partial charge in [0.05, 0.1) is 5.56 Å². The van der Waals surface area contributed by atoms with Crippen molar-refractivity contribution in [2.45, 2.75) is 52.1 Å². The zero-order chi connectivity index (χ0) is 18.6. The fourth-order valence-electron chi connectivity index (χ4n) is 2.23. The first-order chi connectivity index (χ1) is 11.7. The van der Waals surface area contributed by atoms with Crippen molar-refractivity contribution in [3.05, 3.63) is 41.0 Å². The molecule has 2 aromatic rings. The molecule has 0 radical (unpaired) electrons. The number of benzene rings is 1. The van der Waals surface area contributed by atoms with E-state index in [2.05, 4.69) is 15.5 Å². The minimum atomic E-state index is -4.45. The predicted octanol–water partition coefficient (Wildman–Crippen LogP) is 4.48. The van der Waals surface area contributed by atoms with Crippen LogP contribution in [0.4, 0.5) is 18.9 Å². The summed E-state index contributed by atoms with van der Waals surface area (Å²) in [5, 5.41) is 6.31. The molecule has 1 N–H and O–H groups in total. The van der Waals surface area contributed by atoms with Crippen molar-refractivity contribution >= 4 is 11.6 Å². The summed E-state index contributed by atoms with van der Waals surface area (Å²) in [6.45, 7) is 5.27. The highest BCUT2D eigenvalue weighted by molar-refractivity contribution is 5.90. The molecular weight excluding hydrogens is 335 g/mol. The molecule has 0 aliphatic heterocycles. The third-order valence-electron chi connectivity index (χ3n) is 3.62. The second-order valence-corrected chi connectivity index (χ2v) is 6.13. The number of nitrogens with one attached hydrogen (secondary N) is 1. The summed E-state index contributed by atoms with van der Waals surface area (Å²) in [7, 11) is 0. The highest BCUT2D eigenvalue weighted by Gasteiger charge is 2.32. The topological polar surface area (TPSA) is 68.0 Å². The standard InChI is InChI=1S/C17H20F3N3O2/c1-10(2)16-22-15(25-23-16)6-4-5-14(24)21-12-8-7-11(3)13(9-12)17(18,19)20/h7-10H,4-6H2,1-3H3,(H,21,24). The highest BCUT2D eigenvalue weighted by atomic mass is 19.4. The molecule has 0 aliphatic rings. The average molecular weight is 355 g/mol. The van der Waals surface area contributed by atoms with Gasteiger partial charge in [-0.05, 0) is 31.0 Å². The summed E-state index contributed by atoms with van der Waals surface area (Å²) >= 11 is 0. The molecule has 1 amide bonds. The van der Waals surface area contributed by atoms with Gasteiger partial charge in [-0.15, -0.1) is 0 Å². The Balaban J connectivity index is 1.88. The molecule has 5 nitrogen and oxygen atoms in total. The molecule has 1 aromatic carbocycles. The summed E-state index contributed by atoms with van der Waals surface area (Å²) in [4.78, 5) is 16.1. The minimum Gasteiger partial charge on any atom is -0.339 e. The largest absolute Gasteiger partial charge is 0.416 e. The lowest BCUT2D eigenvalue weighted by Gasteiger charge is -2.12. The Morgan fingerprint density at radius 2 is 2.04 bits per heavy atom. The number of hydrogen-bond donors (Lipinski definition) is 1. The summed E-state index contributed by atoms with van der Waals surface area (Å²) in [5.74, 6) is 0.857. The van der Waals surface area contributed by atoms with Gasteiger partial charge >= 0.3 is 6.18 Å². The first-order valence-corrected chi connectivity index (χ1v) is 7.97. The third kappa shape index (κ3) is 5.30. The SMILES string of the molecule is Cc1ccc(NC(=O)CCCc2nc(C(C)C)no2)cc1C(F)(F)F. The van der Waals surface area contributed by atoms with Gasteiger partial charge in [0, 0.05) is 24.4 Å². The number of amides is 1. The smallest absolute Gasteiger partial charge is 0.339 e. The van der Waals surface area contributed by atoms with E-state index < -0.39 is 11.7 Å². The molecular formula is C17H20F3N3O2. The number of hydrogen-bond acceptors (Lipinski definition) is 4. The molecule has 136 valence electrons.